The van der Waals surface area contributed by atoms with E-state index in [1.165, 1.54) is 12.1 Å². The number of rotatable bonds is 7. The third kappa shape index (κ3) is 6.31. The monoisotopic (exact) mass is 585 g/mol. The number of aryl methyl sites for hydroxylation is 1. The van der Waals surface area contributed by atoms with E-state index < -0.39 is 17.6 Å². The van der Waals surface area contributed by atoms with E-state index in [-0.39, 0.29) is 23.4 Å². The number of H-pyrrole nitrogens is 1. The zero-order chi connectivity index (χ0) is 29.9. The Balaban J connectivity index is 1.16. The molecule has 0 bridgehead atoms. The van der Waals surface area contributed by atoms with Gasteiger partial charge in [-0.15, -0.1) is 0 Å². The Bertz CT molecular complexity index is 1620. The van der Waals surface area contributed by atoms with Gasteiger partial charge >= 0.3 is 0 Å². The topological polar surface area (TPSA) is 115 Å². The van der Waals surface area contributed by atoms with E-state index in [1.807, 2.05) is 31.2 Å². The Morgan fingerprint density at radius 2 is 1.81 bits per heavy atom. The normalized spacial score (nSPS) is 18.4. The highest BCUT2D eigenvalue weighted by Gasteiger charge is 2.33. The lowest BCUT2D eigenvalue weighted by Gasteiger charge is -2.29. The summed E-state index contributed by atoms with van der Waals surface area (Å²) >= 11 is 0. The van der Waals surface area contributed by atoms with Gasteiger partial charge in [0.2, 0.25) is 11.8 Å². The second kappa shape index (κ2) is 12.4. The SMILES string of the molecule is Cc1ccc(N2CCCCC(C(=O)Nc3ccc(Oc4ccnc5[nH]nc(NC6CCN(C)CC6)c45)c(F)c3)C2=O)cc1. The lowest BCUT2D eigenvalue weighted by molar-refractivity contribution is -0.130. The molecule has 2 aliphatic rings. The first-order valence-electron chi connectivity index (χ1n) is 14.8. The zero-order valence-electron chi connectivity index (χ0n) is 24.4. The molecule has 2 fully saturated rings. The number of pyridine rings is 1. The summed E-state index contributed by atoms with van der Waals surface area (Å²) in [4.78, 5) is 34.9. The number of nitrogens with one attached hydrogen (secondary N) is 3. The predicted octanol–water partition coefficient (Wildman–Crippen LogP) is 5.48. The van der Waals surface area contributed by atoms with Crippen LogP contribution in [0.25, 0.3) is 11.0 Å². The average molecular weight is 586 g/mol. The fourth-order valence-electron chi connectivity index (χ4n) is 5.73. The first-order chi connectivity index (χ1) is 20.9. The molecule has 6 rings (SSSR count). The summed E-state index contributed by atoms with van der Waals surface area (Å²) in [6.07, 6.45) is 5.53. The van der Waals surface area contributed by atoms with Crippen molar-refractivity contribution in [3.8, 4) is 11.5 Å². The molecule has 43 heavy (non-hydrogen) atoms. The molecule has 2 amide bonds. The van der Waals surface area contributed by atoms with E-state index in [9.17, 15) is 9.59 Å². The minimum Gasteiger partial charge on any atom is -0.453 e. The summed E-state index contributed by atoms with van der Waals surface area (Å²) in [5.74, 6) is -1.18. The molecular weight excluding hydrogens is 549 g/mol. The molecule has 2 saturated heterocycles. The molecule has 0 spiro atoms. The number of anilines is 3. The van der Waals surface area contributed by atoms with Crippen LogP contribution in [0.4, 0.5) is 21.6 Å². The molecule has 2 aromatic carbocycles. The van der Waals surface area contributed by atoms with Crippen LogP contribution in [0.2, 0.25) is 0 Å². The maximum Gasteiger partial charge on any atom is 0.239 e. The molecule has 4 aromatic rings. The largest absolute Gasteiger partial charge is 0.453 e. The van der Waals surface area contributed by atoms with E-state index in [1.54, 1.807) is 23.2 Å². The lowest BCUT2D eigenvalue weighted by atomic mass is 10.0. The van der Waals surface area contributed by atoms with Crippen molar-refractivity contribution in [3.05, 3.63) is 66.1 Å². The number of nitrogens with zero attached hydrogens (tertiary/aromatic N) is 4. The average Bonchev–Trinajstić information content (AvgIpc) is 3.31. The molecule has 10 nitrogen and oxygen atoms in total. The molecule has 2 aliphatic heterocycles. The van der Waals surface area contributed by atoms with Gasteiger partial charge in [-0.25, -0.2) is 9.37 Å². The number of carbonyl (C=O) groups excluding carboxylic acids is 2. The van der Waals surface area contributed by atoms with Crippen LogP contribution < -0.4 is 20.3 Å². The number of ether oxygens (including phenoxy) is 1. The number of halogens is 1. The molecule has 4 heterocycles. The van der Waals surface area contributed by atoms with E-state index >= 15 is 4.39 Å². The fourth-order valence-corrected chi connectivity index (χ4v) is 5.73. The summed E-state index contributed by atoms with van der Waals surface area (Å²) in [6, 6.07) is 13.9. The van der Waals surface area contributed by atoms with Gasteiger partial charge < -0.3 is 25.2 Å². The minimum absolute atomic E-state index is 0.00645. The highest BCUT2D eigenvalue weighted by molar-refractivity contribution is 6.11. The second-order valence-corrected chi connectivity index (χ2v) is 11.4. The fraction of sp³-hybridized carbons (Fsp3) is 0.375. The first kappa shape index (κ1) is 28.6. The van der Waals surface area contributed by atoms with Gasteiger partial charge in [0.25, 0.3) is 0 Å². The van der Waals surface area contributed by atoms with Gasteiger partial charge in [0, 0.05) is 42.3 Å². The van der Waals surface area contributed by atoms with Crippen LogP contribution in [-0.2, 0) is 9.59 Å². The molecule has 0 radical (unpaired) electrons. The smallest absolute Gasteiger partial charge is 0.239 e. The summed E-state index contributed by atoms with van der Waals surface area (Å²) in [5.41, 5.74) is 2.65. The van der Waals surface area contributed by atoms with Crippen molar-refractivity contribution >= 4 is 40.0 Å². The van der Waals surface area contributed by atoms with Crippen molar-refractivity contribution in [1.29, 1.82) is 0 Å². The Morgan fingerprint density at radius 3 is 2.58 bits per heavy atom. The molecule has 11 heteroatoms. The van der Waals surface area contributed by atoms with Gasteiger partial charge in [0.1, 0.15) is 17.1 Å². The summed E-state index contributed by atoms with van der Waals surface area (Å²) in [7, 11) is 2.11. The van der Waals surface area contributed by atoms with Gasteiger partial charge in [-0.05, 0) is 77.0 Å². The number of fused-ring (bicyclic) bond motifs is 1. The molecule has 2 aromatic heterocycles. The van der Waals surface area contributed by atoms with Gasteiger partial charge in [0.15, 0.2) is 23.0 Å². The maximum absolute atomic E-state index is 15.3. The molecule has 0 aliphatic carbocycles. The number of carbonyl (C=O) groups is 2. The second-order valence-electron chi connectivity index (χ2n) is 11.4. The van der Waals surface area contributed by atoms with Gasteiger partial charge in [-0.3, -0.25) is 14.7 Å². The molecule has 1 atom stereocenters. The van der Waals surface area contributed by atoms with Gasteiger partial charge in [-0.2, -0.15) is 5.10 Å². The maximum atomic E-state index is 15.3. The zero-order valence-corrected chi connectivity index (χ0v) is 24.4. The third-order valence-corrected chi connectivity index (χ3v) is 8.25. The van der Waals surface area contributed by atoms with Crippen LogP contribution in [0.3, 0.4) is 0 Å². The highest BCUT2D eigenvalue weighted by Crippen LogP contribution is 2.35. The number of aromatic amines is 1. The van der Waals surface area contributed by atoms with E-state index in [0.717, 1.165) is 50.0 Å². The van der Waals surface area contributed by atoms with Crippen LogP contribution >= 0.6 is 0 Å². The Kier molecular flexibility index (Phi) is 8.24. The quantitative estimate of drug-likeness (QED) is 0.246. The van der Waals surface area contributed by atoms with Crippen LogP contribution in [-0.4, -0.2) is 64.6 Å². The number of hydrogen-bond acceptors (Lipinski definition) is 7. The van der Waals surface area contributed by atoms with Crippen LogP contribution in [0.1, 0.15) is 37.7 Å². The van der Waals surface area contributed by atoms with Crippen LogP contribution in [0, 0.1) is 18.7 Å². The molecule has 224 valence electrons. The van der Waals surface area contributed by atoms with E-state index in [0.29, 0.717) is 35.6 Å². The van der Waals surface area contributed by atoms with Crippen molar-refractivity contribution in [2.24, 2.45) is 5.92 Å². The Hall–Kier alpha value is -4.51. The standard InChI is InChI=1S/C32H36FN7O3/c1-20-6-9-23(10-7-20)40-16-4-3-5-24(32(40)42)31(41)36-22-8-11-26(25(33)19-22)43-27-12-15-34-29-28(27)30(38-37-29)35-21-13-17-39(2)18-14-21/h6-12,15,19,21,24H,3-5,13-14,16-18H2,1-2H3,(H,36,41)(H2,34,35,37,38). The van der Waals surface area contributed by atoms with Crippen molar-refractivity contribution < 1.29 is 18.7 Å². The van der Waals surface area contributed by atoms with Gasteiger partial charge in [-0.1, -0.05) is 24.1 Å². The number of amides is 2. The third-order valence-electron chi connectivity index (χ3n) is 8.25. The van der Waals surface area contributed by atoms with E-state index in [4.69, 9.17) is 4.74 Å². The van der Waals surface area contributed by atoms with Crippen molar-refractivity contribution in [2.45, 2.75) is 45.1 Å². The number of likely N-dealkylation sites (tertiary alicyclic amines) is 1. The summed E-state index contributed by atoms with van der Waals surface area (Å²) < 4.78 is 21.3. The number of aromatic nitrogens is 3. The van der Waals surface area contributed by atoms with Crippen LogP contribution in [0.15, 0.2) is 54.7 Å². The number of hydrogen-bond donors (Lipinski definition) is 3. The van der Waals surface area contributed by atoms with E-state index in [2.05, 4.69) is 37.8 Å². The van der Waals surface area contributed by atoms with Crippen molar-refractivity contribution in [1.82, 2.24) is 20.1 Å². The summed E-state index contributed by atoms with van der Waals surface area (Å²) in [5, 5.41) is 14.2. The molecule has 0 saturated carbocycles. The van der Waals surface area contributed by atoms with Crippen molar-refractivity contribution in [2.75, 3.05) is 42.2 Å². The first-order valence-corrected chi connectivity index (χ1v) is 14.8. The predicted molar refractivity (Wildman–Crippen MR) is 164 cm³/mol. The van der Waals surface area contributed by atoms with Crippen molar-refractivity contribution in [3.63, 3.8) is 0 Å². The Morgan fingerprint density at radius 1 is 1.02 bits per heavy atom. The molecule has 1 unspecified atom stereocenters. The molecular formula is C32H36FN7O3. The highest BCUT2D eigenvalue weighted by atomic mass is 19.1. The Labute approximate surface area is 249 Å². The summed E-state index contributed by atoms with van der Waals surface area (Å²) in [6.45, 7) is 4.53. The molecule has 3 N–H and O–H groups in total. The lowest BCUT2D eigenvalue weighted by Crippen LogP contribution is -2.40. The van der Waals surface area contributed by atoms with Gasteiger partial charge in [0.05, 0.1) is 0 Å². The minimum atomic E-state index is -0.857. The number of benzene rings is 2. The van der Waals surface area contributed by atoms with Crippen LogP contribution in [0.5, 0.6) is 11.5 Å². The number of piperidine rings is 1.